The van der Waals surface area contributed by atoms with Gasteiger partial charge in [-0.3, -0.25) is 9.79 Å². The number of nitrogens with one attached hydrogen (secondary N) is 2. The van der Waals surface area contributed by atoms with Gasteiger partial charge in [0.1, 0.15) is 0 Å². The number of hydrogen-bond donors (Lipinski definition) is 2. The van der Waals surface area contributed by atoms with Crippen LogP contribution < -0.4 is 16.1 Å². The monoisotopic (exact) mass is 347 g/mol. The van der Waals surface area contributed by atoms with E-state index in [0.717, 1.165) is 39.8 Å². The smallest absolute Gasteiger partial charge is 0.188 e. The lowest BCUT2D eigenvalue weighted by Crippen LogP contribution is -2.17. The van der Waals surface area contributed by atoms with E-state index in [1.807, 2.05) is 31.2 Å². The molecule has 0 amide bonds. The maximum atomic E-state index is 12.6. The highest BCUT2D eigenvalue weighted by atomic mass is 16.3. The Morgan fingerprint density at radius 3 is 2.81 bits per heavy atom. The normalized spacial score (nSPS) is 12.3. The van der Waals surface area contributed by atoms with Gasteiger partial charge in [0.2, 0.25) is 0 Å². The zero-order valence-electron chi connectivity index (χ0n) is 15.1. The van der Waals surface area contributed by atoms with Gasteiger partial charge < -0.3 is 14.7 Å². The molecule has 1 aliphatic heterocycles. The Morgan fingerprint density at radius 2 is 2.04 bits per heavy atom. The fourth-order valence-electron chi connectivity index (χ4n) is 3.41. The molecule has 0 spiro atoms. The molecule has 0 bridgehead atoms. The third-order valence-corrected chi connectivity index (χ3v) is 4.57. The van der Waals surface area contributed by atoms with Gasteiger partial charge in [-0.1, -0.05) is 12.1 Å². The number of H-pyrrole nitrogens is 1. The first-order chi connectivity index (χ1) is 12.6. The third-order valence-electron chi connectivity index (χ3n) is 4.57. The van der Waals surface area contributed by atoms with Crippen molar-refractivity contribution >= 4 is 16.8 Å². The van der Waals surface area contributed by atoms with E-state index in [-0.39, 0.29) is 5.43 Å². The van der Waals surface area contributed by atoms with E-state index in [2.05, 4.69) is 29.1 Å². The molecule has 0 unspecified atom stereocenters. The highest BCUT2D eigenvalue weighted by molar-refractivity contribution is 5.87. The molecule has 132 valence electrons. The topological polar surface area (TPSA) is 70.4 Å². The number of aromatic nitrogens is 1. The number of fused-ring (bicyclic) bond motifs is 4. The molecule has 0 saturated heterocycles. The first-order valence-corrected chi connectivity index (χ1v) is 8.90. The number of benzene rings is 3. The van der Waals surface area contributed by atoms with Crippen LogP contribution in [0.2, 0.25) is 0 Å². The van der Waals surface area contributed by atoms with Crippen LogP contribution in [0.3, 0.4) is 0 Å². The molecule has 5 nitrogen and oxygen atoms in total. The van der Waals surface area contributed by atoms with Crippen LogP contribution in [0, 0.1) is 6.92 Å². The van der Waals surface area contributed by atoms with Gasteiger partial charge in [-0.25, -0.2) is 0 Å². The summed E-state index contributed by atoms with van der Waals surface area (Å²) in [6.07, 6.45) is 0. The quantitative estimate of drug-likeness (QED) is 0.435. The van der Waals surface area contributed by atoms with Gasteiger partial charge in [0.15, 0.2) is 16.8 Å². The van der Waals surface area contributed by atoms with E-state index in [9.17, 15) is 4.79 Å². The van der Waals surface area contributed by atoms with Crippen LogP contribution in [-0.4, -0.2) is 18.1 Å². The molecule has 26 heavy (non-hydrogen) atoms. The van der Waals surface area contributed by atoms with E-state index in [1.54, 1.807) is 12.1 Å². The standard InChI is InChI=1S/C21H21N3O2/c1-4-22-14-10-18-16(9-12(14)3)24-21-19(26-18)11-15(23-5-2)13-7-6-8-17(25)20(13)21/h6-11,22,24H,4-5H2,1-3H3. The maximum absolute atomic E-state index is 12.6. The van der Waals surface area contributed by atoms with Crippen LogP contribution in [-0.2, 0) is 0 Å². The van der Waals surface area contributed by atoms with Crippen molar-refractivity contribution in [1.82, 2.24) is 4.98 Å². The number of rotatable bonds is 3. The van der Waals surface area contributed by atoms with Crippen molar-refractivity contribution in [3.05, 3.63) is 57.5 Å². The van der Waals surface area contributed by atoms with Gasteiger partial charge in [-0.2, -0.15) is 0 Å². The molecule has 4 rings (SSSR count). The predicted molar refractivity (Wildman–Crippen MR) is 105 cm³/mol. The van der Waals surface area contributed by atoms with Gasteiger partial charge in [0.25, 0.3) is 0 Å². The summed E-state index contributed by atoms with van der Waals surface area (Å²) < 4.78 is 6.17. The fraction of sp³-hybridized carbons (Fsp3) is 0.238. The second kappa shape index (κ2) is 6.33. The number of aryl methyl sites for hydroxylation is 1. The molecule has 2 aliphatic carbocycles. The first-order valence-electron chi connectivity index (χ1n) is 8.90. The van der Waals surface area contributed by atoms with Gasteiger partial charge in [0, 0.05) is 36.5 Å². The molecule has 0 radical (unpaired) electrons. The van der Waals surface area contributed by atoms with Crippen LogP contribution >= 0.6 is 0 Å². The number of anilines is 1. The zero-order chi connectivity index (χ0) is 18.3. The van der Waals surface area contributed by atoms with Crippen molar-refractivity contribution in [1.29, 1.82) is 0 Å². The molecule has 1 aromatic carbocycles. The summed E-state index contributed by atoms with van der Waals surface area (Å²) in [6.45, 7) is 7.58. The molecule has 3 aliphatic rings. The molecule has 1 aromatic rings. The van der Waals surface area contributed by atoms with E-state index >= 15 is 0 Å². The van der Waals surface area contributed by atoms with Crippen molar-refractivity contribution in [3.63, 3.8) is 0 Å². The van der Waals surface area contributed by atoms with Crippen molar-refractivity contribution < 1.29 is 4.42 Å². The molecule has 0 aromatic heterocycles. The van der Waals surface area contributed by atoms with Gasteiger partial charge >= 0.3 is 0 Å². The average Bonchev–Trinajstić information content (AvgIpc) is 2.62. The van der Waals surface area contributed by atoms with Crippen LogP contribution in [0.25, 0.3) is 33.7 Å². The number of hydrogen-bond acceptors (Lipinski definition) is 4. The van der Waals surface area contributed by atoms with Crippen molar-refractivity contribution in [2.75, 3.05) is 18.4 Å². The van der Waals surface area contributed by atoms with Crippen LogP contribution in [0.4, 0.5) is 5.69 Å². The Labute approximate surface area is 151 Å². The minimum atomic E-state index is -0.0348. The van der Waals surface area contributed by atoms with E-state index in [4.69, 9.17) is 4.42 Å². The molecular formula is C21H21N3O2. The van der Waals surface area contributed by atoms with E-state index in [0.29, 0.717) is 23.6 Å². The fourth-order valence-corrected chi connectivity index (χ4v) is 3.41. The third kappa shape index (κ3) is 2.56. The summed E-state index contributed by atoms with van der Waals surface area (Å²) in [5.41, 5.74) is 5.91. The number of nitrogens with zero attached hydrogens (tertiary/aromatic N) is 1. The summed E-state index contributed by atoms with van der Waals surface area (Å²) >= 11 is 0. The molecule has 0 atom stereocenters. The minimum absolute atomic E-state index is 0.0348. The predicted octanol–water partition coefficient (Wildman–Crippen LogP) is 3.99. The van der Waals surface area contributed by atoms with Crippen molar-refractivity contribution in [3.8, 4) is 22.6 Å². The second-order valence-electron chi connectivity index (χ2n) is 6.34. The van der Waals surface area contributed by atoms with Crippen LogP contribution in [0.5, 0.6) is 0 Å². The molecule has 0 fully saturated rings. The van der Waals surface area contributed by atoms with E-state index in [1.165, 1.54) is 0 Å². The lowest BCUT2D eigenvalue weighted by Gasteiger charge is -2.16. The Bertz CT molecular complexity index is 1170. The summed E-state index contributed by atoms with van der Waals surface area (Å²) in [7, 11) is 0. The van der Waals surface area contributed by atoms with Crippen molar-refractivity contribution in [2.45, 2.75) is 20.8 Å². The Kier molecular flexibility index (Phi) is 3.99. The highest BCUT2D eigenvalue weighted by Crippen LogP contribution is 2.33. The first kappa shape index (κ1) is 16.4. The summed E-state index contributed by atoms with van der Waals surface area (Å²) in [6, 6.07) is 11.2. The Hall–Kier alpha value is -3.08. The molecule has 2 N–H and O–H groups in total. The minimum Gasteiger partial charge on any atom is -0.453 e. The highest BCUT2D eigenvalue weighted by Gasteiger charge is 2.20. The Morgan fingerprint density at radius 1 is 1.19 bits per heavy atom. The van der Waals surface area contributed by atoms with Gasteiger partial charge in [-0.05, 0) is 38.5 Å². The Balaban J connectivity index is 2.13. The maximum Gasteiger partial charge on any atom is 0.188 e. The number of aromatic amines is 1. The zero-order valence-corrected chi connectivity index (χ0v) is 15.1. The molecule has 0 saturated carbocycles. The summed E-state index contributed by atoms with van der Waals surface area (Å²) in [5, 5.41) is 4.12. The SMILES string of the molecule is CCN=c1cc2oc3cc(NCC)c(C)cc3[nH]c-2c2c(=O)cccc1-2. The summed E-state index contributed by atoms with van der Waals surface area (Å²) in [5.74, 6) is 0.631. The largest absolute Gasteiger partial charge is 0.453 e. The van der Waals surface area contributed by atoms with Gasteiger partial charge in [-0.15, -0.1) is 0 Å². The molecular weight excluding hydrogens is 326 g/mol. The average molecular weight is 347 g/mol. The molecule has 1 heterocycles. The summed E-state index contributed by atoms with van der Waals surface area (Å²) in [4.78, 5) is 20.5. The van der Waals surface area contributed by atoms with Crippen LogP contribution in [0.1, 0.15) is 19.4 Å². The lowest BCUT2D eigenvalue weighted by molar-refractivity contribution is 0.612. The second-order valence-corrected chi connectivity index (χ2v) is 6.34. The van der Waals surface area contributed by atoms with Crippen molar-refractivity contribution in [2.24, 2.45) is 4.99 Å². The van der Waals surface area contributed by atoms with Crippen LogP contribution in [0.15, 0.2) is 50.6 Å². The lowest BCUT2D eigenvalue weighted by atomic mass is 9.97. The molecule has 5 heteroatoms. The van der Waals surface area contributed by atoms with Gasteiger partial charge in [0.05, 0.1) is 22.1 Å². The van der Waals surface area contributed by atoms with E-state index < -0.39 is 0 Å².